The van der Waals surface area contributed by atoms with E-state index in [9.17, 15) is 9.59 Å². The number of piperazine rings is 1. The summed E-state index contributed by atoms with van der Waals surface area (Å²) in [6, 6.07) is 11.2. The second-order valence-corrected chi connectivity index (χ2v) is 10.6. The summed E-state index contributed by atoms with van der Waals surface area (Å²) in [5.41, 5.74) is 8.39. The quantitative estimate of drug-likeness (QED) is 0.253. The van der Waals surface area contributed by atoms with Crippen molar-refractivity contribution in [2.75, 3.05) is 51.7 Å². The number of anilines is 1. The number of imidazole rings is 2. The number of fused-ring (bicyclic) bond motifs is 1. The smallest absolute Gasteiger partial charge is 0.277 e. The van der Waals surface area contributed by atoms with E-state index < -0.39 is 11.8 Å². The summed E-state index contributed by atoms with van der Waals surface area (Å²) in [5, 5.41) is 2.75. The Bertz CT molecular complexity index is 1510. The molecule has 0 atom stereocenters. The number of amides is 2. The molecule has 0 saturated carbocycles. The molecule has 2 aromatic carbocycles. The van der Waals surface area contributed by atoms with Gasteiger partial charge in [0.15, 0.2) is 5.69 Å². The maximum atomic E-state index is 13.4. The van der Waals surface area contributed by atoms with Gasteiger partial charge >= 0.3 is 0 Å². The predicted octanol–water partition coefficient (Wildman–Crippen LogP) is 3.19. The lowest BCUT2D eigenvalue weighted by Crippen LogP contribution is -2.44. The van der Waals surface area contributed by atoms with Gasteiger partial charge in [-0.05, 0) is 50.2 Å². The van der Waals surface area contributed by atoms with Gasteiger partial charge in [0.1, 0.15) is 17.8 Å². The minimum Gasteiger partial charge on any atom is -0.493 e. The van der Waals surface area contributed by atoms with Crippen LogP contribution in [-0.4, -0.2) is 87.5 Å². The molecular weight excluding hydrogens is 564 g/mol. The number of aryl methyl sites for hydroxylation is 1. The Morgan fingerprint density at radius 2 is 1.95 bits per heavy atom. The van der Waals surface area contributed by atoms with Gasteiger partial charge in [-0.25, -0.2) is 9.97 Å². The van der Waals surface area contributed by atoms with Crippen molar-refractivity contribution in [3.05, 3.63) is 64.1 Å². The molecule has 0 aliphatic carbocycles. The van der Waals surface area contributed by atoms with Crippen LogP contribution in [0.4, 0.5) is 5.95 Å². The summed E-state index contributed by atoms with van der Waals surface area (Å²) in [6.45, 7) is 7.91. The Hall–Kier alpha value is -3.74. The molecule has 0 bridgehead atoms. The summed E-state index contributed by atoms with van der Waals surface area (Å²) in [5.74, 6) is -0.425. The first-order chi connectivity index (χ1) is 18.8. The van der Waals surface area contributed by atoms with Crippen molar-refractivity contribution in [1.29, 1.82) is 0 Å². The molecule has 1 aliphatic heterocycles. The number of nitrogens with one attached hydrogen (secondary N) is 2. The second kappa shape index (κ2) is 11.6. The number of aromatic amines is 1. The van der Waals surface area contributed by atoms with Crippen molar-refractivity contribution >= 4 is 44.7 Å². The number of rotatable bonds is 9. The van der Waals surface area contributed by atoms with Crippen LogP contribution in [0, 0.1) is 6.92 Å². The van der Waals surface area contributed by atoms with Crippen LogP contribution in [0.15, 0.2) is 47.2 Å². The van der Waals surface area contributed by atoms with Gasteiger partial charge in [-0.2, -0.15) is 0 Å². The van der Waals surface area contributed by atoms with Gasteiger partial charge in [0.25, 0.3) is 11.8 Å². The van der Waals surface area contributed by atoms with Gasteiger partial charge in [-0.1, -0.05) is 22.0 Å². The first-order valence-corrected chi connectivity index (χ1v) is 13.6. The lowest BCUT2D eigenvalue weighted by Gasteiger charge is -2.32. The Kier molecular flexibility index (Phi) is 7.96. The molecule has 1 fully saturated rings. The third-order valence-corrected chi connectivity index (χ3v) is 7.31. The van der Waals surface area contributed by atoms with E-state index in [1.165, 1.54) is 6.33 Å². The predicted molar refractivity (Wildman–Crippen MR) is 153 cm³/mol. The summed E-state index contributed by atoms with van der Waals surface area (Å²) < 4.78 is 8.32. The Morgan fingerprint density at radius 3 is 2.72 bits per heavy atom. The highest BCUT2D eigenvalue weighted by molar-refractivity contribution is 9.10. The van der Waals surface area contributed by atoms with Crippen molar-refractivity contribution in [3.63, 3.8) is 0 Å². The number of halogens is 1. The molecule has 12 heteroatoms. The monoisotopic (exact) mass is 594 g/mol. The molecule has 0 radical (unpaired) electrons. The molecule has 0 unspecified atom stereocenters. The van der Waals surface area contributed by atoms with Gasteiger partial charge in [0.05, 0.1) is 23.3 Å². The van der Waals surface area contributed by atoms with Crippen LogP contribution < -0.4 is 15.8 Å². The molecule has 11 nitrogen and oxygen atoms in total. The van der Waals surface area contributed by atoms with Crippen molar-refractivity contribution in [2.24, 2.45) is 5.73 Å². The minimum atomic E-state index is -0.800. The molecule has 204 valence electrons. The topological polar surface area (TPSA) is 134 Å². The van der Waals surface area contributed by atoms with Crippen LogP contribution in [0.1, 0.15) is 33.0 Å². The van der Waals surface area contributed by atoms with Crippen LogP contribution in [0.3, 0.4) is 0 Å². The summed E-state index contributed by atoms with van der Waals surface area (Å²) >= 11 is 3.46. The largest absolute Gasteiger partial charge is 0.493 e. The van der Waals surface area contributed by atoms with Gasteiger partial charge in [0.2, 0.25) is 5.95 Å². The van der Waals surface area contributed by atoms with Crippen LogP contribution in [0.2, 0.25) is 0 Å². The van der Waals surface area contributed by atoms with Crippen molar-refractivity contribution in [3.8, 4) is 11.4 Å². The number of H-pyrrole nitrogens is 1. The van der Waals surface area contributed by atoms with Gasteiger partial charge < -0.3 is 25.3 Å². The summed E-state index contributed by atoms with van der Waals surface area (Å²) in [4.78, 5) is 42.0. The number of carbonyl (C=O) groups excluding carboxylic acids is 2. The molecule has 2 amide bonds. The fraction of sp³-hybridized carbons (Fsp3) is 0.333. The second-order valence-electron chi connectivity index (χ2n) is 9.67. The average Bonchev–Trinajstić information content (AvgIpc) is 3.53. The highest BCUT2D eigenvalue weighted by atomic mass is 79.9. The van der Waals surface area contributed by atoms with Crippen LogP contribution in [0.25, 0.3) is 16.7 Å². The molecule has 39 heavy (non-hydrogen) atoms. The Balaban J connectivity index is 1.28. The molecule has 3 heterocycles. The summed E-state index contributed by atoms with van der Waals surface area (Å²) in [6.07, 6.45) is 2.35. The number of benzene rings is 2. The fourth-order valence-electron chi connectivity index (χ4n) is 4.62. The first-order valence-electron chi connectivity index (χ1n) is 12.8. The van der Waals surface area contributed by atoms with E-state index in [0.29, 0.717) is 23.6 Å². The van der Waals surface area contributed by atoms with E-state index in [1.807, 2.05) is 43.3 Å². The zero-order valence-corrected chi connectivity index (χ0v) is 23.5. The minimum absolute atomic E-state index is 0.0218. The highest BCUT2D eigenvalue weighted by Crippen LogP contribution is 2.25. The zero-order valence-electron chi connectivity index (χ0n) is 21.9. The number of nitrogens with two attached hydrogens (primary N) is 1. The number of ether oxygens (including phenoxy) is 1. The number of aromatic nitrogens is 4. The first kappa shape index (κ1) is 26.9. The summed E-state index contributed by atoms with van der Waals surface area (Å²) in [7, 11) is 2.15. The molecule has 1 saturated heterocycles. The van der Waals surface area contributed by atoms with Crippen molar-refractivity contribution < 1.29 is 14.3 Å². The lowest BCUT2D eigenvalue weighted by molar-refractivity contribution is 0.0970. The van der Waals surface area contributed by atoms with Gasteiger partial charge in [-0.3, -0.25) is 19.5 Å². The van der Waals surface area contributed by atoms with E-state index in [2.05, 4.69) is 53.0 Å². The number of hydrogen-bond donors (Lipinski definition) is 3. The molecule has 4 aromatic rings. The third kappa shape index (κ3) is 6.13. The van der Waals surface area contributed by atoms with E-state index in [1.54, 1.807) is 4.57 Å². The number of hydrogen-bond acceptors (Lipinski definition) is 7. The molecule has 4 N–H and O–H groups in total. The Labute approximate surface area is 234 Å². The van der Waals surface area contributed by atoms with Crippen molar-refractivity contribution in [1.82, 2.24) is 29.3 Å². The molecular formula is C27H31BrN8O3. The number of carbonyl (C=O) groups is 2. The standard InChI is InChI=1S/C27H31BrN8O3/c1-17-4-5-18(28)14-22(17)36-16-30-23(25(29)37)24(36)26(38)33-27-31-20-7-6-19(15-21(20)32-27)39-13-3-8-35-11-9-34(2)10-12-35/h4-7,14-16H,3,8-13H2,1-2H3,(H2,29,37)(H2,31,32,33,38). The average molecular weight is 596 g/mol. The third-order valence-electron chi connectivity index (χ3n) is 6.82. The lowest BCUT2D eigenvalue weighted by atomic mass is 10.2. The maximum Gasteiger partial charge on any atom is 0.277 e. The van der Waals surface area contributed by atoms with Gasteiger partial charge in [0, 0.05) is 43.3 Å². The zero-order chi connectivity index (χ0) is 27.5. The van der Waals surface area contributed by atoms with Crippen LogP contribution >= 0.6 is 15.9 Å². The number of likely N-dealkylation sites (N-methyl/N-ethyl adjacent to an activating group) is 1. The van der Waals surface area contributed by atoms with Crippen LogP contribution in [-0.2, 0) is 0 Å². The maximum absolute atomic E-state index is 13.4. The highest BCUT2D eigenvalue weighted by Gasteiger charge is 2.25. The van der Waals surface area contributed by atoms with E-state index in [-0.39, 0.29) is 17.3 Å². The fourth-order valence-corrected chi connectivity index (χ4v) is 4.97. The van der Waals surface area contributed by atoms with E-state index in [4.69, 9.17) is 10.5 Å². The SMILES string of the molecule is Cc1ccc(Br)cc1-n1cnc(C(N)=O)c1C(=O)Nc1nc2cc(OCCCN3CCN(C)CC3)ccc2[nH]1. The van der Waals surface area contributed by atoms with E-state index in [0.717, 1.165) is 54.7 Å². The number of primary amides is 1. The molecule has 1 aliphatic rings. The Morgan fingerprint density at radius 1 is 1.15 bits per heavy atom. The molecule has 0 spiro atoms. The van der Waals surface area contributed by atoms with Gasteiger partial charge in [-0.15, -0.1) is 0 Å². The number of nitrogens with zero attached hydrogens (tertiary/aromatic N) is 5. The van der Waals surface area contributed by atoms with E-state index >= 15 is 0 Å². The molecule has 5 rings (SSSR count). The van der Waals surface area contributed by atoms with Crippen molar-refractivity contribution in [2.45, 2.75) is 13.3 Å². The van der Waals surface area contributed by atoms with Crippen LogP contribution in [0.5, 0.6) is 5.75 Å². The molecule has 2 aromatic heterocycles. The normalized spacial score (nSPS) is 14.5.